The van der Waals surface area contributed by atoms with Crippen LogP contribution in [0, 0.1) is 0 Å². The SMILES string of the molecule is CC/C=C\C/C=C\C/C=C\CCCCCC(=O)OC(COC(=O)CCCCCCC/C=C\CCCCCC)COC(=O)CCCCCCCCCCCCCCCCCCCCCCCCCC. The number of unbranched alkanes of at least 4 members (excludes halogenated alkanes) is 35. The Balaban J connectivity index is 4.24. The van der Waals surface area contributed by atoms with Crippen LogP contribution in [0.4, 0.5) is 0 Å². The van der Waals surface area contributed by atoms with E-state index in [0.717, 1.165) is 89.9 Å². The summed E-state index contributed by atoms with van der Waals surface area (Å²) in [5.74, 6) is -0.910. The molecule has 6 heteroatoms. The maximum absolute atomic E-state index is 12.8. The van der Waals surface area contributed by atoms with Gasteiger partial charge in [0.25, 0.3) is 0 Å². The Morgan fingerprint density at radius 3 is 0.941 bits per heavy atom. The van der Waals surface area contributed by atoms with Crippen molar-refractivity contribution in [3.8, 4) is 0 Å². The highest BCUT2D eigenvalue weighted by Gasteiger charge is 2.19. The second-order valence-electron chi connectivity index (χ2n) is 19.9. The number of esters is 3. The fourth-order valence-electron chi connectivity index (χ4n) is 8.63. The molecule has 0 aromatic carbocycles. The molecule has 0 spiro atoms. The molecule has 0 bridgehead atoms. The van der Waals surface area contributed by atoms with E-state index < -0.39 is 6.10 Å². The van der Waals surface area contributed by atoms with Crippen LogP contribution in [0.2, 0.25) is 0 Å². The lowest BCUT2D eigenvalue weighted by Gasteiger charge is -2.18. The van der Waals surface area contributed by atoms with Crippen molar-refractivity contribution in [2.24, 2.45) is 0 Å². The van der Waals surface area contributed by atoms with E-state index in [9.17, 15) is 14.4 Å². The van der Waals surface area contributed by atoms with Crippen molar-refractivity contribution < 1.29 is 28.6 Å². The smallest absolute Gasteiger partial charge is 0.306 e. The van der Waals surface area contributed by atoms with Crippen LogP contribution in [0.1, 0.15) is 310 Å². The molecular formula is C62H112O6. The summed E-state index contributed by atoms with van der Waals surface area (Å²) >= 11 is 0. The van der Waals surface area contributed by atoms with Gasteiger partial charge in [-0.2, -0.15) is 0 Å². The van der Waals surface area contributed by atoms with Gasteiger partial charge in [0.1, 0.15) is 13.2 Å². The van der Waals surface area contributed by atoms with Crippen LogP contribution in [-0.2, 0) is 28.6 Å². The summed E-state index contributed by atoms with van der Waals surface area (Å²) in [5, 5.41) is 0. The molecule has 1 atom stereocenters. The molecule has 6 nitrogen and oxygen atoms in total. The minimum atomic E-state index is -0.789. The van der Waals surface area contributed by atoms with Crippen LogP contribution in [0.15, 0.2) is 48.6 Å². The van der Waals surface area contributed by atoms with E-state index in [1.807, 2.05) is 0 Å². The van der Waals surface area contributed by atoms with Gasteiger partial charge in [0.05, 0.1) is 0 Å². The molecule has 68 heavy (non-hydrogen) atoms. The first-order valence-corrected chi connectivity index (χ1v) is 29.6. The molecule has 0 rings (SSSR count). The van der Waals surface area contributed by atoms with Gasteiger partial charge in [-0.1, -0.05) is 262 Å². The Morgan fingerprint density at radius 1 is 0.309 bits per heavy atom. The van der Waals surface area contributed by atoms with Crippen LogP contribution in [-0.4, -0.2) is 37.2 Å². The Kier molecular flexibility index (Phi) is 54.8. The first kappa shape index (κ1) is 65.4. The van der Waals surface area contributed by atoms with Crippen molar-refractivity contribution >= 4 is 17.9 Å². The monoisotopic (exact) mass is 953 g/mol. The number of carbonyl (C=O) groups excluding carboxylic acids is 3. The average molecular weight is 954 g/mol. The molecule has 0 saturated carbocycles. The zero-order valence-electron chi connectivity index (χ0n) is 45.4. The number of ether oxygens (including phenoxy) is 3. The van der Waals surface area contributed by atoms with Gasteiger partial charge >= 0.3 is 17.9 Å². The minimum Gasteiger partial charge on any atom is -0.462 e. The van der Waals surface area contributed by atoms with Crippen LogP contribution >= 0.6 is 0 Å². The number of hydrogen-bond donors (Lipinski definition) is 0. The highest BCUT2D eigenvalue weighted by Crippen LogP contribution is 2.17. The fourth-order valence-corrected chi connectivity index (χ4v) is 8.63. The van der Waals surface area contributed by atoms with Crippen LogP contribution in [0.3, 0.4) is 0 Å². The molecule has 0 amide bonds. The first-order valence-electron chi connectivity index (χ1n) is 29.6. The number of carbonyl (C=O) groups is 3. The van der Waals surface area contributed by atoms with E-state index >= 15 is 0 Å². The third-order valence-corrected chi connectivity index (χ3v) is 13.1. The molecule has 1 unspecified atom stereocenters. The highest BCUT2D eigenvalue weighted by atomic mass is 16.6. The second kappa shape index (κ2) is 57.0. The second-order valence-corrected chi connectivity index (χ2v) is 19.9. The van der Waals surface area contributed by atoms with Crippen molar-refractivity contribution in [1.82, 2.24) is 0 Å². The van der Waals surface area contributed by atoms with Gasteiger partial charge < -0.3 is 14.2 Å². The van der Waals surface area contributed by atoms with Gasteiger partial charge in [0.15, 0.2) is 6.10 Å². The molecule has 0 heterocycles. The number of allylic oxidation sites excluding steroid dienone is 8. The van der Waals surface area contributed by atoms with Crippen LogP contribution < -0.4 is 0 Å². The maximum Gasteiger partial charge on any atom is 0.306 e. The van der Waals surface area contributed by atoms with Crippen LogP contribution in [0.5, 0.6) is 0 Å². The molecule has 0 aliphatic carbocycles. The molecule has 0 N–H and O–H groups in total. The van der Waals surface area contributed by atoms with Crippen molar-refractivity contribution in [3.05, 3.63) is 48.6 Å². The minimum absolute atomic E-state index is 0.0847. The lowest BCUT2D eigenvalue weighted by atomic mass is 10.0. The lowest BCUT2D eigenvalue weighted by molar-refractivity contribution is -0.167. The van der Waals surface area contributed by atoms with E-state index in [0.29, 0.717) is 19.3 Å². The van der Waals surface area contributed by atoms with Crippen molar-refractivity contribution in [2.45, 2.75) is 316 Å². The average Bonchev–Trinajstić information content (AvgIpc) is 3.34. The summed E-state index contributed by atoms with van der Waals surface area (Å²) in [4.78, 5) is 38.1. The topological polar surface area (TPSA) is 78.9 Å². The Morgan fingerprint density at radius 2 is 0.574 bits per heavy atom. The van der Waals surface area contributed by atoms with Gasteiger partial charge in [-0.25, -0.2) is 0 Å². The molecule has 0 aromatic heterocycles. The summed E-state index contributed by atoms with van der Waals surface area (Å²) in [6, 6.07) is 0. The van der Waals surface area contributed by atoms with E-state index in [-0.39, 0.29) is 31.1 Å². The summed E-state index contributed by atoms with van der Waals surface area (Å²) in [7, 11) is 0. The Bertz CT molecular complexity index is 1190. The summed E-state index contributed by atoms with van der Waals surface area (Å²) < 4.78 is 16.8. The predicted molar refractivity (Wildman–Crippen MR) is 293 cm³/mol. The summed E-state index contributed by atoms with van der Waals surface area (Å²) in [5.41, 5.74) is 0. The number of rotatable bonds is 54. The third-order valence-electron chi connectivity index (χ3n) is 13.1. The van der Waals surface area contributed by atoms with Crippen LogP contribution in [0.25, 0.3) is 0 Å². The molecule has 0 aromatic rings. The van der Waals surface area contributed by atoms with Crippen molar-refractivity contribution in [3.63, 3.8) is 0 Å². The molecule has 0 fully saturated rings. The van der Waals surface area contributed by atoms with Gasteiger partial charge in [-0.3, -0.25) is 14.4 Å². The molecule has 0 aliphatic heterocycles. The first-order chi connectivity index (χ1) is 33.5. The number of hydrogen-bond acceptors (Lipinski definition) is 6. The van der Waals surface area contributed by atoms with Gasteiger partial charge in [0.2, 0.25) is 0 Å². The third kappa shape index (κ3) is 54.3. The molecular weight excluding hydrogens is 841 g/mol. The van der Waals surface area contributed by atoms with Gasteiger partial charge in [-0.05, 0) is 77.0 Å². The molecule has 0 radical (unpaired) electrons. The summed E-state index contributed by atoms with van der Waals surface area (Å²) in [6.45, 7) is 6.51. The van der Waals surface area contributed by atoms with E-state index in [1.165, 1.54) is 180 Å². The fraction of sp³-hybridized carbons (Fsp3) is 0.823. The van der Waals surface area contributed by atoms with E-state index in [4.69, 9.17) is 14.2 Å². The zero-order chi connectivity index (χ0) is 49.3. The maximum atomic E-state index is 12.8. The Hall–Kier alpha value is -2.63. The van der Waals surface area contributed by atoms with Crippen molar-refractivity contribution in [2.75, 3.05) is 13.2 Å². The highest BCUT2D eigenvalue weighted by molar-refractivity contribution is 5.71. The van der Waals surface area contributed by atoms with Gasteiger partial charge in [0, 0.05) is 19.3 Å². The molecule has 396 valence electrons. The predicted octanol–water partition coefficient (Wildman–Crippen LogP) is 19.8. The molecule has 0 saturated heterocycles. The zero-order valence-corrected chi connectivity index (χ0v) is 45.4. The standard InChI is InChI=1S/C62H112O6/c1-4-7-10-13-16-19-22-25-26-27-28-29-30-31-32-33-34-35-38-40-43-46-49-52-55-61(64)67-58-59(68-62(65)56-53-50-47-44-41-37-24-21-18-15-12-9-6-3)57-66-60(63)54-51-48-45-42-39-36-23-20-17-14-11-8-5-2/h9,12,18,20-21,23,37,41,59H,4-8,10-11,13-17,19,22,24-36,38-40,42-58H2,1-3H3/b12-9-,21-18-,23-20-,41-37-. The normalized spacial score (nSPS) is 12.3. The van der Waals surface area contributed by atoms with E-state index in [2.05, 4.69) is 69.4 Å². The van der Waals surface area contributed by atoms with E-state index in [1.54, 1.807) is 0 Å². The lowest BCUT2D eigenvalue weighted by Crippen LogP contribution is -2.30. The summed E-state index contributed by atoms with van der Waals surface area (Å²) in [6.07, 6.45) is 69.8. The Labute approximate surface area is 422 Å². The quantitative estimate of drug-likeness (QED) is 0.0262. The molecule has 0 aliphatic rings. The van der Waals surface area contributed by atoms with Gasteiger partial charge in [-0.15, -0.1) is 0 Å². The largest absolute Gasteiger partial charge is 0.462 e. The van der Waals surface area contributed by atoms with Crippen molar-refractivity contribution in [1.29, 1.82) is 0 Å².